The summed E-state index contributed by atoms with van der Waals surface area (Å²) in [6, 6.07) is 0. The number of alkyl halides is 1. The molecule has 0 bridgehead atoms. The normalized spacial score (nSPS) is 11.9. The van der Waals surface area contributed by atoms with Gasteiger partial charge >= 0.3 is 0 Å². The number of hydrogen-bond donors (Lipinski definition) is 2. The van der Waals surface area contributed by atoms with Crippen molar-refractivity contribution in [2.75, 3.05) is 26.4 Å². The van der Waals surface area contributed by atoms with Gasteiger partial charge in [0.1, 0.15) is 31.4 Å². The molecule has 182 valence electrons. The van der Waals surface area contributed by atoms with E-state index in [-0.39, 0.29) is 12.5 Å². The first kappa shape index (κ1) is 33.8. The van der Waals surface area contributed by atoms with Gasteiger partial charge in [0.05, 0.1) is 5.60 Å². The van der Waals surface area contributed by atoms with E-state index in [1.165, 1.54) is 18.2 Å². The number of allylic oxidation sites excluding steroid dienone is 6. The van der Waals surface area contributed by atoms with Crippen molar-refractivity contribution >= 4 is 5.91 Å². The summed E-state index contributed by atoms with van der Waals surface area (Å²) in [4.78, 5) is 11.9. The fourth-order valence-corrected chi connectivity index (χ4v) is 1.61. The summed E-state index contributed by atoms with van der Waals surface area (Å²) >= 11 is 0. The van der Waals surface area contributed by atoms with Crippen molar-refractivity contribution in [2.24, 2.45) is 0 Å². The lowest BCUT2D eigenvalue weighted by Crippen LogP contribution is -2.25. The van der Waals surface area contributed by atoms with Gasteiger partial charge in [-0.1, -0.05) is 51.3 Å². The monoisotopic (exact) mass is 451 g/mol. The minimum absolute atomic E-state index is 0.186. The maximum Gasteiger partial charge on any atom is 0.247 e. The first-order valence-corrected chi connectivity index (χ1v) is 10.5. The number of rotatable bonds is 13. The van der Waals surface area contributed by atoms with E-state index in [0.29, 0.717) is 24.7 Å². The van der Waals surface area contributed by atoms with Gasteiger partial charge in [-0.15, -0.1) is 6.58 Å². The average Bonchev–Trinajstić information content (AvgIpc) is 2.77. The number of carbonyl (C=O) groups is 1. The average molecular weight is 452 g/mol. The van der Waals surface area contributed by atoms with Crippen LogP contribution in [0.1, 0.15) is 41.5 Å². The predicted octanol–water partition coefficient (Wildman–Crippen LogP) is 5.74. The third kappa shape index (κ3) is 25.2. The van der Waals surface area contributed by atoms with E-state index in [1.807, 2.05) is 33.8 Å². The summed E-state index contributed by atoms with van der Waals surface area (Å²) < 4.78 is 21.6. The molecule has 0 aromatic heterocycles. The molecule has 5 nitrogen and oxygen atoms in total. The number of carbonyl (C=O) groups excluding carboxylic acids is 1. The largest absolute Gasteiger partial charge is 0.491 e. The van der Waals surface area contributed by atoms with Crippen molar-refractivity contribution in [1.82, 2.24) is 5.32 Å². The van der Waals surface area contributed by atoms with Crippen molar-refractivity contribution in [2.45, 2.75) is 47.1 Å². The van der Waals surface area contributed by atoms with Crippen LogP contribution in [0.15, 0.2) is 85.4 Å². The molecule has 0 atom stereocenters. The van der Waals surface area contributed by atoms with E-state index >= 15 is 0 Å². The summed E-state index contributed by atoms with van der Waals surface area (Å²) in [5.41, 5.74) is 0.0857. The van der Waals surface area contributed by atoms with Gasteiger partial charge in [-0.2, -0.15) is 0 Å². The number of ether oxygens (including phenoxy) is 2. The summed E-state index contributed by atoms with van der Waals surface area (Å²) in [5, 5.41) is 12.4. The first-order valence-electron chi connectivity index (χ1n) is 10.5. The number of hydrogen-bond acceptors (Lipinski definition) is 4. The van der Waals surface area contributed by atoms with Gasteiger partial charge in [0.25, 0.3) is 0 Å². The fourth-order valence-electron chi connectivity index (χ4n) is 1.61. The molecule has 0 aromatic carbocycles. The first-order chi connectivity index (χ1) is 15.1. The lowest BCUT2D eigenvalue weighted by Gasteiger charge is -2.18. The Morgan fingerprint density at radius 3 is 2.19 bits per heavy atom. The van der Waals surface area contributed by atoms with Crippen LogP contribution in [-0.4, -0.2) is 43.0 Å². The highest BCUT2D eigenvalue weighted by Gasteiger charge is 2.13. The molecule has 0 saturated carbocycles. The Bertz CT molecular complexity index is 653. The summed E-state index contributed by atoms with van der Waals surface area (Å²) in [5.74, 6) is 0.733. The molecule has 2 N–H and O–H groups in total. The van der Waals surface area contributed by atoms with E-state index in [4.69, 9.17) is 9.47 Å². The zero-order valence-corrected chi connectivity index (χ0v) is 20.6. The zero-order chi connectivity index (χ0) is 25.4. The SMILES string of the molecule is C=C/C=C(\C)CO/C(C=C)=C/C(=O)NC/C=C\C(=C/C)OCC(C)(C)O.C=CCF.CC. The second kappa shape index (κ2) is 22.8. The van der Waals surface area contributed by atoms with Crippen molar-refractivity contribution < 1.29 is 23.8 Å². The van der Waals surface area contributed by atoms with Crippen LogP contribution in [0.4, 0.5) is 4.39 Å². The molecule has 1 amide bonds. The molecule has 0 radical (unpaired) electrons. The third-order valence-corrected chi connectivity index (χ3v) is 3.01. The molecule has 6 heteroatoms. The van der Waals surface area contributed by atoms with Crippen LogP contribution >= 0.6 is 0 Å². The summed E-state index contributed by atoms with van der Waals surface area (Å²) in [6.07, 6.45) is 12.8. The molecule has 0 aliphatic rings. The molecular formula is C26H42FNO4. The molecule has 0 aromatic rings. The van der Waals surface area contributed by atoms with Gasteiger partial charge in [-0.25, -0.2) is 4.39 Å². The van der Waals surface area contributed by atoms with Gasteiger partial charge in [0.15, 0.2) is 0 Å². The highest BCUT2D eigenvalue weighted by molar-refractivity contribution is 5.88. The van der Waals surface area contributed by atoms with Crippen LogP contribution in [0.2, 0.25) is 0 Å². The Labute approximate surface area is 194 Å². The quantitative estimate of drug-likeness (QED) is 0.162. The number of halogens is 1. The Hall–Kier alpha value is -2.86. The lowest BCUT2D eigenvalue weighted by atomic mass is 10.2. The van der Waals surface area contributed by atoms with Gasteiger partial charge in [-0.05, 0) is 51.5 Å². The Balaban J connectivity index is -0.00000125. The molecule has 0 spiro atoms. The van der Waals surface area contributed by atoms with Gasteiger partial charge in [-0.3, -0.25) is 4.79 Å². The predicted molar refractivity (Wildman–Crippen MR) is 134 cm³/mol. The molecule has 32 heavy (non-hydrogen) atoms. The third-order valence-electron chi connectivity index (χ3n) is 3.01. The minimum atomic E-state index is -0.901. The Morgan fingerprint density at radius 1 is 1.16 bits per heavy atom. The van der Waals surface area contributed by atoms with Crippen LogP contribution in [0.3, 0.4) is 0 Å². The van der Waals surface area contributed by atoms with Gasteiger partial charge in [0.2, 0.25) is 5.91 Å². The Morgan fingerprint density at radius 2 is 1.75 bits per heavy atom. The van der Waals surface area contributed by atoms with E-state index in [0.717, 1.165) is 5.57 Å². The second-order valence-corrected chi connectivity index (χ2v) is 6.67. The fraction of sp³-hybridized carbons (Fsp3) is 0.423. The van der Waals surface area contributed by atoms with E-state index < -0.39 is 12.3 Å². The molecule has 0 aliphatic heterocycles. The second-order valence-electron chi connectivity index (χ2n) is 6.67. The van der Waals surface area contributed by atoms with Gasteiger partial charge in [0, 0.05) is 12.6 Å². The highest BCUT2D eigenvalue weighted by Crippen LogP contribution is 2.07. The van der Waals surface area contributed by atoms with Crippen LogP contribution in [0.25, 0.3) is 0 Å². The van der Waals surface area contributed by atoms with Crippen molar-refractivity contribution in [3.05, 3.63) is 85.4 Å². The molecule has 0 saturated heterocycles. The summed E-state index contributed by atoms with van der Waals surface area (Å²) in [7, 11) is 0. The van der Waals surface area contributed by atoms with Gasteiger partial charge < -0.3 is 19.9 Å². The molecule has 0 rings (SSSR count). The molecule has 0 heterocycles. The number of amides is 1. The van der Waals surface area contributed by atoms with Crippen molar-refractivity contribution in [3.8, 4) is 0 Å². The smallest absolute Gasteiger partial charge is 0.247 e. The van der Waals surface area contributed by atoms with E-state index in [1.54, 1.807) is 38.2 Å². The minimum Gasteiger partial charge on any atom is -0.491 e. The van der Waals surface area contributed by atoms with Crippen LogP contribution in [0, 0.1) is 0 Å². The number of nitrogens with one attached hydrogen (secondary N) is 1. The number of aliphatic hydroxyl groups is 1. The van der Waals surface area contributed by atoms with Crippen molar-refractivity contribution in [3.63, 3.8) is 0 Å². The zero-order valence-electron chi connectivity index (χ0n) is 20.6. The standard InChI is InChI=1S/C21H31NO4.C3H5F.C2H6/c1-7-11-17(4)15-25-19(9-3)14-20(23)22-13-10-12-18(8-2)26-16-21(5,6)24;1-2-3-4;1-2/h7-12,14,24H,1,3,13,15-16H2,2,4-6H3,(H,22,23);2H,1,3H2;1-2H3/b12-10-,17-11+,18-8+,19-14+;;. The van der Waals surface area contributed by atoms with Crippen molar-refractivity contribution in [1.29, 1.82) is 0 Å². The van der Waals surface area contributed by atoms with Crippen LogP contribution < -0.4 is 5.32 Å². The molecular weight excluding hydrogens is 409 g/mol. The molecule has 0 unspecified atom stereocenters. The topological polar surface area (TPSA) is 67.8 Å². The lowest BCUT2D eigenvalue weighted by molar-refractivity contribution is -0.116. The molecule has 0 aliphatic carbocycles. The highest BCUT2D eigenvalue weighted by atomic mass is 19.1. The maximum atomic E-state index is 11.9. The van der Waals surface area contributed by atoms with E-state index in [9.17, 15) is 14.3 Å². The molecule has 0 fully saturated rings. The van der Waals surface area contributed by atoms with E-state index in [2.05, 4.69) is 25.1 Å². The summed E-state index contributed by atoms with van der Waals surface area (Å²) in [6.45, 7) is 21.9. The van der Waals surface area contributed by atoms with Crippen LogP contribution in [-0.2, 0) is 14.3 Å². The Kier molecular flexibility index (Phi) is 24.1. The van der Waals surface area contributed by atoms with Crippen LogP contribution in [0.5, 0.6) is 0 Å². The maximum absolute atomic E-state index is 11.9.